The number of nitrogens with one attached hydrogen (secondary N) is 1. The van der Waals surface area contributed by atoms with E-state index in [1.54, 1.807) is 0 Å². The van der Waals surface area contributed by atoms with Crippen LogP contribution in [0.15, 0.2) is 0 Å². The van der Waals surface area contributed by atoms with Gasteiger partial charge in [-0.15, -0.1) is 0 Å². The van der Waals surface area contributed by atoms with Gasteiger partial charge >= 0.3 is 0 Å². The minimum absolute atomic E-state index is 0.0190. The maximum absolute atomic E-state index is 13.1. The normalized spacial score (nSPS) is 29.6. The molecule has 1 N–H and O–H groups in total. The van der Waals surface area contributed by atoms with E-state index in [-0.39, 0.29) is 17.9 Å². The Labute approximate surface area is 153 Å². The molecule has 25 heavy (non-hydrogen) atoms. The van der Waals surface area contributed by atoms with Gasteiger partial charge in [0.05, 0.1) is 5.92 Å². The second-order valence-corrected chi connectivity index (χ2v) is 8.44. The highest BCUT2D eigenvalue weighted by Crippen LogP contribution is 2.32. The molecule has 2 atom stereocenters. The fraction of sp³-hybridized carbons (Fsp3) is 0.905. The maximum atomic E-state index is 13.1. The van der Waals surface area contributed by atoms with Gasteiger partial charge in [-0.25, -0.2) is 0 Å². The van der Waals surface area contributed by atoms with Gasteiger partial charge in [-0.05, 0) is 44.4 Å². The Morgan fingerprint density at radius 1 is 0.920 bits per heavy atom. The van der Waals surface area contributed by atoms with Crippen molar-refractivity contribution in [2.45, 2.75) is 95.9 Å². The van der Waals surface area contributed by atoms with Crippen LogP contribution in [0.3, 0.4) is 0 Å². The summed E-state index contributed by atoms with van der Waals surface area (Å²) in [6.45, 7) is 1.66. The first kappa shape index (κ1) is 18.7. The highest BCUT2D eigenvalue weighted by molar-refractivity contribution is 5.82. The molecule has 0 spiro atoms. The van der Waals surface area contributed by atoms with Crippen LogP contribution in [-0.2, 0) is 9.59 Å². The highest BCUT2D eigenvalue weighted by atomic mass is 16.2. The predicted octanol–water partition coefficient (Wildman–Crippen LogP) is 4.03. The Kier molecular flexibility index (Phi) is 7.18. The van der Waals surface area contributed by atoms with Gasteiger partial charge in [0.1, 0.15) is 0 Å². The molecule has 2 unspecified atom stereocenters. The van der Waals surface area contributed by atoms with Crippen molar-refractivity contribution in [3.05, 3.63) is 0 Å². The molecule has 1 aliphatic heterocycles. The Morgan fingerprint density at radius 2 is 1.64 bits per heavy atom. The molecule has 0 aromatic carbocycles. The lowest BCUT2D eigenvalue weighted by Gasteiger charge is -2.40. The summed E-state index contributed by atoms with van der Waals surface area (Å²) in [7, 11) is 0. The quantitative estimate of drug-likeness (QED) is 0.837. The van der Waals surface area contributed by atoms with Crippen LogP contribution in [0.2, 0.25) is 0 Å². The number of carbonyl (C=O) groups excluding carboxylic acids is 2. The summed E-state index contributed by atoms with van der Waals surface area (Å²) < 4.78 is 0. The predicted molar refractivity (Wildman–Crippen MR) is 100 cm³/mol. The Morgan fingerprint density at radius 3 is 2.48 bits per heavy atom. The lowest BCUT2D eigenvalue weighted by molar-refractivity contribution is -0.139. The molecule has 0 aromatic rings. The third-order valence-electron chi connectivity index (χ3n) is 6.65. The molecule has 2 saturated carbocycles. The molecule has 1 heterocycles. The van der Waals surface area contributed by atoms with Gasteiger partial charge in [0.2, 0.25) is 11.8 Å². The van der Waals surface area contributed by atoms with E-state index in [2.05, 4.69) is 10.2 Å². The average molecular weight is 349 g/mol. The van der Waals surface area contributed by atoms with Crippen molar-refractivity contribution in [1.29, 1.82) is 0 Å². The van der Waals surface area contributed by atoms with Crippen LogP contribution >= 0.6 is 0 Å². The maximum Gasteiger partial charge on any atom is 0.225 e. The van der Waals surface area contributed by atoms with E-state index in [0.29, 0.717) is 12.3 Å². The van der Waals surface area contributed by atoms with E-state index in [0.717, 1.165) is 70.4 Å². The van der Waals surface area contributed by atoms with E-state index in [1.165, 1.54) is 32.1 Å². The first-order valence-corrected chi connectivity index (χ1v) is 10.8. The molecule has 1 saturated heterocycles. The first-order chi connectivity index (χ1) is 12.3. The molecule has 3 aliphatic rings. The van der Waals surface area contributed by atoms with Crippen LogP contribution in [0, 0.1) is 11.8 Å². The topological polar surface area (TPSA) is 49.4 Å². The van der Waals surface area contributed by atoms with Crippen LogP contribution < -0.4 is 5.32 Å². The van der Waals surface area contributed by atoms with Crippen molar-refractivity contribution in [3.63, 3.8) is 0 Å². The molecule has 0 bridgehead atoms. The zero-order valence-electron chi connectivity index (χ0n) is 15.8. The number of amides is 2. The second kappa shape index (κ2) is 9.59. The third kappa shape index (κ3) is 5.21. The molecular formula is C21H36N2O2. The summed E-state index contributed by atoms with van der Waals surface area (Å²) in [5, 5.41) is 3.12. The van der Waals surface area contributed by atoms with E-state index in [9.17, 15) is 9.59 Å². The summed E-state index contributed by atoms with van der Waals surface area (Å²) in [4.78, 5) is 27.8. The molecule has 0 aromatic heterocycles. The fourth-order valence-electron chi connectivity index (χ4n) is 5.14. The summed E-state index contributed by atoms with van der Waals surface area (Å²) in [6, 6.07) is 0.144. The number of fused-ring (bicyclic) bond motifs is 1. The van der Waals surface area contributed by atoms with Gasteiger partial charge in [0.25, 0.3) is 0 Å². The van der Waals surface area contributed by atoms with Crippen LogP contribution in [-0.4, -0.2) is 35.8 Å². The zero-order chi connectivity index (χ0) is 17.5. The summed E-state index contributed by atoms with van der Waals surface area (Å²) in [5.74, 6) is 1.28. The minimum atomic E-state index is 0.0190. The van der Waals surface area contributed by atoms with Crippen LogP contribution in [0.4, 0.5) is 0 Å². The van der Waals surface area contributed by atoms with Crippen molar-refractivity contribution in [2.24, 2.45) is 11.8 Å². The van der Waals surface area contributed by atoms with Crippen LogP contribution in [0.5, 0.6) is 0 Å². The molecule has 0 radical (unpaired) electrons. The number of hydrogen-bond acceptors (Lipinski definition) is 2. The molecule has 3 rings (SSSR count). The van der Waals surface area contributed by atoms with Crippen LogP contribution in [0.25, 0.3) is 0 Å². The molecule has 3 fully saturated rings. The van der Waals surface area contributed by atoms with E-state index < -0.39 is 0 Å². The SMILES string of the molecule is O=C1NCCCCCN(C(=O)CCC2CCCCC2)C2CCCCC12. The van der Waals surface area contributed by atoms with Crippen molar-refractivity contribution in [3.8, 4) is 0 Å². The second-order valence-electron chi connectivity index (χ2n) is 8.44. The van der Waals surface area contributed by atoms with Gasteiger partial charge in [-0.1, -0.05) is 44.9 Å². The fourth-order valence-corrected chi connectivity index (χ4v) is 5.14. The van der Waals surface area contributed by atoms with Crippen molar-refractivity contribution in [1.82, 2.24) is 10.2 Å². The van der Waals surface area contributed by atoms with Gasteiger partial charge in [0, 0.05) is 25.6 Å². The summed E-state index contributed by atoms with van der Waals surface area (Å²) >= 11 is 0. The standard InChI is InChI=1S/C21H36N2O2/c24-20(14-13-17-9-3-1-4-10-17)23-16-8-2-7-15-22-21(25)18-11-5-6-12-19(18)23/h17-19H,1-16H2,(H,22,25). The Balaban J connectivity index is 1.63. The van der Waals surface area contributed by atoms with E-state index in [1.807, 2.05) is 0 Å². The molecule has 2 aliphatic carbocycles. The number of hydrogen-bond donors (Lipinski definition) is 1. The van der Waals surface area contributed by atoms with Gasteiger partial charge in [-0.3, -0.25) is 9.59 Å². The first-order valence-electron chi connectivity index (χ1n) is 10.8. The number of nitrogens with zero attached hydrogens (tertiary/aromatic N) is 1. The van der Waals surface area contributed by atoms with Crippen molar-refractivity contribution < 1.29 is 9.59 Å². The monoisotopic (exact) mass is 348 g/mol. The molecule has 2 amide bonds. The molecule has 142 valence electrons. The summed E-state index contributed by atoms with van der Waals surface area (Å²) in [6.07, 6.45) is 15.9. The summed E-state index contributed by atoms with van der Waals surface area (Å²) in [5.41, 5.74) is 0. The van der Waals surface area contributed by atoms with Crippen molar-refractivity contribution in [2.75, 3.05) is 13.1 Å². The molecule has 4 nitrogen and oxygen atoms in total. The average Bonchev–Trinajstić information content (AvgIpc) is 2.66. The van der Waals surface area contributed by atoms with E-state index >= 15 is 0 Å². The number of rotatable bonds is 3. The Hall–Kier alpha value is -1.06. The Bertz CT molecular complexity index is 445. The highest BCUT2D eigenvalue weighted by Gasteiger charge is 2.37. The van der Waals surface area contributed by atoms with Crippen LogP contribution in [0.1, 0.15) is 89.9 Å². The largest absolute Gasteiger partial charge is 0.356 e. The molecular weight excluding hydrogens is 312 g/mol. The minimum Gasteiger partial charge on any atom is -0.356 e. The van der Waals surface area contributed by atoms with Gasteiger partial charge < -0.3 is 10.2 Å². The van der Waals surface area contributed by atoms with E-state index in [4.69, 9.17) is 0 Å². The van der Waals surface area contributed by atoms with Gasteiger partial charge in [-0.2, -0.15) is 0 Å². The van der Waals surface area contributed by atoms with Crippen molar-refractivity contribution >= 4 is 11.8 Å². The third-order valence-corrected chi connectivity index (χ3v) is 6.65. The lowest BCUT2D eigenvalue weighted by atomic mass is 9.82. The molecule has 4 heteroatoms. The zero-order valence-corrected chi connectivity index (χ0v) is 15.8. The lowest BCUT2D eigenvalue weighted by Crippen LogP contribution is -2.51. The van der Waals surface area contributed by atoms with Gasteiger partial charge in [0.15, 0.2) is 0 Å². The smallest absolute Gasteiger partial charge is 0.225 e. The number of carbonyl (C=O) groups is 2.